The summed E-state index contributed by atoms with van der Waals surface area (Å²) >= 11 is 5.08. The minimum absolute atomic E-state index is 0.610. The molecule has 1 N–H and O–H groups in total. The predicted octanol–water partition coefficient (Wildman–Crippen LogP) is 3.68. The van der Waals surface area contributed by atoms with Crippen LogP contribution in [0, 0.1) is 4.64 Å². The number of H-pyrrole nitrogens is 1. The fraction of sp³-hybridized carbons (Fsp3) is 0.615. The number of pyridine rings is 1. The molecule has 1 aromatic rings. The summed E-state index contributed by atoms with van der Waals surface area (Å²) in [6.45, 7) is 4.74. The first-order valence-electron chi connectivity index (χ1n) is 6.24. The van der Waals surface area contributed by atoms with Gasteiger partial charge in [-0.25, -0.2) is 0 Å². The van der Waals surface area contributed by atoms with Crippen molar-refractivity contribution in [3.63, 3.8) is 0 Å². The van der Waals surface area contributed by atoms with Crippen LogP contribution in [-0.2, 0) is 0 Å². The molecule has 2 heterocycles. The van der Waals surface area contributed by atoms with Gasteiger partial charge in [0.15, 0.2) is 0 Å². The van der Waals surface area contributed by atoms with E-state index in [1.165, 1.54) is 44.3 Å². The quantitative estimate of drug-likeness (QED) is 0.804. The monoisotopic (exact) mass is 236 g/mol. The molecular formula is C13H20N2S. The number of hydrogen-bond acceptors (Lipinski definition) is 2. The number of unbranched alkanes of at least 4 members (excludes halogenated alkanes) is 1. The second-order valence-electron chi connectivity index (χ2n) is 4.53. The topological polar surface area (TPSA) is 19.0 Å². The number of rotatable bonds is 4. The van der Waals surface area contributed by atoms with Gasteiger partial charge in [-0.3, -0.25) is 4.90 Å². The maximum absolute atomic E-state index is 5.08. The second-order valence-corrected chi connectivity index (χ2v) is 4.97. The molecule has 1 atom stereocenters. The molecule has 16 heavy (non-hydrogen) atoms. The van der Waals surface area contributed by atoms with Crippen molar-refractivity contribution in [3.05, 3.63) is 28.5 Å². The van der Waals surface area contributed by atoms with Gasteiger partial charge in [-0.2, -0.15) is 0 Å². The predicted molar refractivity (Wildman–Crippen MR) is 70.1 cm³/mol. The Morgan fingerprint density at radius 2 is 2.38 bits per heavy atom. The molecule has 3 heteroatoms. The summed E-state index contributed by atoms with van der Waals surface area (Å²) in [7, 11) is 0. The zero-order chi connectivity index (χ0) is 11.4. The number of nitrogens with zero attached hydrogens (tertiary/aromatic N) is 1. The maximum atomic E-state index is 5.08. The van der Waals surface area contributed by atoms with E-state index in [9.17, 15) is 0 Å². The van der Waals surface area contributed by atoms with Crippen LogP contribution in [0.15, 0.2) is 18.3 Å². The van der Waals surface area contributed by atoms with Gasteiger partial charge < -0.3 is 4.98 Å². The Morgan fingerprint density at radius 3 is 3.06 bits per heavy atom. The first-order chi connectivity index (χ1) is 7.81. The van der Waals surface area contributed by atoms with Crippen molar-refractivity contribution >= 4 is 12.2 Å². The largest absolute Gasteiger partial charge is 0.353 e. The van der Waals surface area contributed by atoms with Gasteiger partial charge in [0.2, 0.25) is 0 Å². The highest BCUT2D eigenvalue weighted by Crippen LogP contribution is 2.31. The van der Waals surface area contributed by atoms with Crippen LogP contribution in [0.4, 0.5) is 0 Å². The van der Waals surface area contributed by atoms with Crippen LogP contribution in [0.3, 0.4) is 0 Å². The van der Waals surface area contributed by atoms with Crippen LogP contribution in [0.5, 0.6) is 0 Å². The third kappa shape index (κ3) is 2.71. The zero-order valence-corrected chi connectivity index (χ0v) is 10.7. The molecule has 0 aliphatic carbocycles. The Morgan fingerprint density at radius 1 is 1.50 bits per heavy atom. The Hall–Kier alpha value is -0.670. The van der Waals surface area contributed by atoms with Crippen LogP contribution in [0.2, 0.25) is 0 Å². The van der Waals surface area contributed by atoms with E-state index < -0.39 is 0 Å². The average molecular weight is 236 g/mol. The maximum Gasteiger partial charge on any atom is 0.103 e. The van der Waals surface area contributed by atoms with Crippen LogP contribution < -0.4 is 0 Å². The third-order valence-corrected chi connectivity index (χ3v) is 3.61. The summed E-state index contributed by atoms with van der Waals surface area (Å²) in [6.07, 6.45) is 7.27. The molecule has 1 aromatic heterocycles. The fourth-order valence-corrected chi connectivity index (χ4v) is 2.59. The molecule has 88 valence electrons. The van der Waals surface area contributed by atoms with Gasteiger partial charge >= 0.3 is 0 Å². The molecule has 1 unspecified atom stereocenters. The lowest BCUT2D eigenvalue weighted by Crippen LogP contribution is -2.24. The minimum atomic E-state index is 0.610. The number of nitrogens with one attached hydrogen (secondary N) is 1. The lowest BCUT2D eigenvalue weighted by atomic mass is 10.1. The van der Waals surface area contributed by atoms with E-state index in [4.69, 9.17) is 12.2 Å². The highest BCUT2D eigenvalue weighted by molar-refractivity contribution is 7.71. The summed E-state index contributed by atoms with van der Waals surface area (Å²) in [4.78, 5) is 5.75. The Balaban J connectivity index is 2.07. The van der Waals surface area contributed by atoms with E-state index in [2.05, 4.69) is 29.1 Å². The first kappa shape index (κ1) is 11.8. The SMILES string of the molecule is CCCCN1CCCC1c1ccc(=S)[nH]c1. The normalized spacial score (nSPS) is 21.4. The number of likely N-dealkylation sites (tertiary alicyclic amines) is 1. The summed E-state index contributed by atoms with van der Waals surface area (Å²) in [6, 6.07) is 4.78. The van der Waals surface area contributed by atoms with E-state index >= 15 is 0 Å². The summed E-state index contributed by atoms with van der Waals surface area (Å²) in [5.41, 5.74) is 1.39. The van der Waals surface area contributed by atoms with Gasteiger partial charge in [-0.1, -0.05) is 31.6 Å². The van der Waals surface area contributed by atoms with Gasteiger partial charge in [0.05, 0.1) is 0 Å². The Kier molecular flexibility index (Phi) is 4.13. The van der Waals surface area contributed by atoms with Gasteiger partial charge in [0.1, 0.15) is 4.64 Å². The lowest BCUT2D eigenvalue weighted by molar-refractivity contribution is 0.253. The van der Waals surface area contributed by atoms with E-state index in [0.29, 0.717) is 6.04 Å². The van der Waals surface area contributed by atoms with Crippen LogP contribution in [-0.4, -0.2) is 23.0 Å². The number of aromatic nitrogens is 1. The summed E-state index contributed by atoms with van der Waals surface area (Å²) in [5.74, 6) is 0. The molecule has 0 radical (unpaired) electrons. The van der Waals surface area contributed by atoms with Gasteiger partial charge in [0.25, 0.3) is 0 Å². The third-order valence-electron chi connectivity index (χ3n) is 3.36. The molecule has 1 aliphatic rings. The Labute approximate surface area is 103 Å². The summed E-state index contributed by atoms with van der Waals surface area (Å²) in [5, 5.41) is 0. The van der Waals surface area contributed by atoms with Gasteiger partial charge in [0, 0.05) is 12.2 Å². The minimum Gasteiger partial charge on any atom is -0.353 e. The highest BCUT2D eigenvalue weighted by atomic mass is 32.1. The van der Waals surface area contributed by atoms with Crippen molar-refractivity contribution in [3.8, 4) is 0 Å². The standard InChI is InChI=1S/C13H20N2S/c1-2-3-8-15-9-4-5-12(15)11-6-7-13(16)14-10-11/h6-7,10,12H,2-5,8-9H2,1H3,(H,14,16). The molecule has 1 aliphatic heterocycles. The number of hydrogen-bond donors (Lipinski definition) is 1. The average Bonchev–Trinajstić information content (AvgIpc) is 2.75. The fourth-order valence-electron chi connectivity index (χ4n) is 2.46. The highest BCUT2D eigenvalue weighted by Gasteiger charge is 2.24. The van der Waals surface area contributed by atoms with Crippen molar-refractivity contribution in [1.82, 2.24) is 9.88 Å². The molecule has 0 aromatic carbocycles. The molecular weight excluding hydrogens is 216 g/mol. The molecule has 0 saturated carbocycles. The molecule has 0 amide bonds. The van der Waals surface area contributed by atoms with Crippen LogP contribution in [0.25, 0.3) is 0 Å². The van der Waals surface area contributed by atoms with E-state index in [-0.39, 0.29) is 0 Å². The van der Waals surface area contributed by atoms with Crippen molar-refractivity contribution in [2.24, 2.45) is 0 Å². The lowest BCUT2D eigenvalue weighted by Gasteiger charge is -2.24. The van der Waals surface area contributed by atoms with Crippen LogP contribution >= 0.6 is 12.2 Å². The second kappa shape index (κ2) is 5.60. The Bertz CT molecular complexity index is 365. The van der Waals surface area contributed by atoms with E-state index in [1.807, 2.05) is 6.07 Å². The molecule has 2 nitrogen and oxygen atoms in total. The molecule has 0 spiro atoms. The number of aromatic amines is 1. The molecule has 1 fully saturated rings. The first-order valence-corrected chi connectivity index (χ1v) is 6.65. The summed E-state index contributed by atoms with van der Waals surface area (Å²) < 4.78 is 0.821. The van der Waals surface area contributed by atoms with Crippen molar-refractivity contribution in [2.45, 2.75) is 38.6 Å². The van der Waals surface area contributed by atoms with Crippen molar-refractivity contribution < 1.29 is 0 Å². The molecule has 2 rings (SSSR count). The molecule has 1 saturated heterocycles. The van der Waals surface area contributed by atoms with Gasteiger partial charge in [-0.05, 0) is 44.0 Å². The van der Waals surface area contributed by atoms with Gasteiger partial charge in [-0.15, -0.1) is 0 Å². The van der Waals surface area contributed by atoms with Crippen molar-refractivity contribution in [1.29, 1.82) is 0 Å². The van der Waals surface area contributed by atoms with Crippen molar-refractivity contribution in [2.75, 3.05) is 13.1 Å². The van der Waals surface area contributed by atoms with E-state index in [0.717, 1.165) is 4.64 Å². The van der Waals surface area contributed by atoms with Crippen LogP contribution in [0.1, 0.15) is 44.2 Å². The van der Waals surface area contributed by atoms with E-state index in [1.54, 1.807) is 0 Å². The smallest absolute Gasteiger partial charge is 0.103 e. The zero-order valence-electron chi connectivity index (χ0n) is 9.91. The molecule has 0 bridgehead atoms.